The van der Waals surface area contributed by atoms with Gasteiger partial charge < -0.3 is 10.1 Å². The zero-order valence-electron chi connectivity index (χ0n) is 16.0. The quantitative estimate of drug-likeness (QED) is 0.658. The molecule has 1 N–H and O–H groups in total. The van der Waals surface area contributed by atoms with Crippen molar-refractivity contribution in [3.63, 3.8) is 0 Å². The summed E-state index contributed by atoms with van der Waals surface area (Å²) >= 11 is 1.27. The van der Waals surface area contributed by atoms with E-state index in [9.17, 15) is 18.0 Å². The summed E-state index contributed by atoms with van der Waals surface area (Å²) in [7, 11) is 0. The highest BCUT2D eigenvalue weighted by molar-refractivity contribution is 7.15. The number of halogens is 3. The van der Waals surface area contributed by atoms with Crippen molar-refractivity contribution in [2.24, 2.45) is 0 Å². The highest BCUT2D eigenvalue weighted by atomic mass is 32.1. The Morgan fingerprint density at radius 1 is 1.37 bits per heavy atom. The maximum absolute atomic E-state index is 12.8. The van der Waals surface area contributed by atoms with Crippen LogP contribution in [0.5, 0.6) is 5.75 Å². The van der Waals surface area contributed by atoms with Gasteiger partial charge in [0.1, 0.15) is 18.6 Å². The van der Waals surface area contributed by atoms with Gasteiger partial charge in [0, 0.05) is 29.0 Å². The Kier molecular flexibility index (Phi) is 5.46. The van der Waals surface area contributed by atoms with Crippen LogP contribution in [0.3, 0.4) is 0 Å². The molecule has 0 unspecified atom stereocenters. The molecule has 0 spiro atoms. The number of fused-ring (bicyclic) bond motifs is 3. The summed E-state index contributed by atoms with van der Waals surface area (Å²) < 4.78 is 45.1. The lowest BCUT2D eigenvalue weighted by molar-refractivity contribution is -0.142. The third-order valence-electron chi connectivity index (χ3n) is 4.45. The van der Waals surface area contributed by atoms with E-state index in [1.807, 2.05) is 6.92 Å². The largest absolute Gasteiger partial charge is 0.492 e. The first-order valence-electron chi connectivity index (χ1n) is 9.35. The van der Waals surface area contributed by atoms with Gasteiger partial charge in [-0.3, -0.25) is 4.79 Å². The summed E-state index contributed by atoms with van der Waals surface area (Å²) in [6.07, 6.45) is -1.94. The minimum atomic E-state index is -4.41. The lowest BCUT2D eigenvalue weighted by Crippen LogP contribution is -2.23. The number of benzene rings is 1. The molecule has 0 fully saturated rings. The molecule has 3 heterocycles. The van der Waals surface area contributed by atoms with Gasteiger partial charge >= 0.3 is 6.18 Å². The molecule has 3 aromatic rings. The molecule has 1 aliphatic rings. The molecule has 0 saturated carbocycles. The number of hydrogen-bond donors (Lipinski definition) is 1. The van der Waals surface area contributed by atoms with Crippen molar-refractivity contribution in [3.8, 4) is 27.8 Å². The van der Waals surface area contributed by atoms with Crippen molar-refractivity contribution >= 4 is 17.2 Å². The summed E-state index contributed by atoms with van der Waals surface area (Å²) in [6.45, 7) is 1.69. The van der Waals surface area contributed by atoms with E-state index in [-0.39, 0.29) is 11.7 Å². The van der Waals surface area contributed by atoms with Crippen LogP contribution in [0.2, 0.25) is 0 Å². The molecule has 0 atom stereocenters. The third kappa shape index (κ3) is 4.16. The minimum absolute atomic E-state index is 0.0726. The number of carbonyl (C=O) groups is 1. The SMILES string of the molecule is CCCNC(=O)c1ccc2c(c1)OCCc1sc(-c3ncnn3CC(F)(F)F)nc1-2. The molecule has 158 valence electrons. The summed E-state index contributed by atoms with van der Waals surface area (Å²) in [5.41, 5.74) is 1.80. The monoisotopic (exact) mass is 437 g/mol. The molecular formula is C19H18F3N5O2S. The Balaban J connectivity index is 1.69. The lowest BCUT2D eigenvalue weighted by atomic mass is 10.1. The van der Waals surface area contributed by atoms with E-state index in [1.54, 1.807) is 18.2 Å². The van der Waals surface area contributed by atoms with Gasteiger partial charge in [0.2, 0.25) is 0 Å². The highest BCUT2D eigenvalue weighted by Gasteiger charge is 2.31. The Morgan fingerprint density at radius 3 is 2.97 bits per heavy atom. The third-order valence-corrected chi connectivity index (χ3v) is 5.57. The van der Waals surface area contributed by atoms with Crippen LogP contribution in [0, 0.1) is 0 Å². The average Bonchev–Trinajstić information content (AvgIpc) is 3.27. The Hall–Kier alpha value is -2.95. The van der Waals surface area contributed by atoms with Crippen LogP contribution in [0.4, 0.5) is 13.2 Å². The van der Waals surface area contributed by atoms with E-state index >= 15 is 0 Å². The Bertz CT molecular complexity index is 1080. The van der Waals surface area contributed by atoms with E-state index in [2.05, 4.69) is 20.4 Å². The molecule has 7 nitrogen and oxygen atoms in total. The lowest BCUT2D eigenvalue weighted by Gasteiger charge is -2.10. The molecular weight excluding hydrogens is 419 g/mol. The van der Waals surface area contributed by atoms with Crippen LogP contribution in [0.15, 0.2) is 24.5 Å². The van der Waals surface area contributed by atoms with E-state index in [1.165, 1.54) is 11.3 Å². The zero-order chi connectivity index (χ0) is 21.3. The van der Waals surface area contributed by atoms with Gasteiger partial charge in [0.25, 0.3) is 5.91 Å². The maximum Gasteiger partial charge on any atom is 0.408 e. The van der Waals surface area contributed by atoms with E-state index in [4.69, 9.17) is 4.74 Å². The fraction of sp³-hybridized carbons (Fsp3) is 0.368. The average molecular weight is 437 g/mol. The van der Waals surface area contributed by atoms with E-state index in [0.717, 1.165) is 22.3 Å². The molecule has 4 rings (SSSR count). The molecule has 2 aromatic heterocycles. The highest BCUT2D eigenvalue weighted by Crippen LogP contribution is 2.40. The van der Waals surface area contributed by atoms with Crippen molar-refractivity contribution in [1.82, 2.24) is 25.1 Å². The number of amides is 1. The topological polar surface area (TPSA) is 81.9 Å². The zero-order valence-corrected chi connectivity index (χ0v) is 16.8. The van der Waals surface area contributed by atoms with Crippen LogP contribution in [-0.4, -0.2) is 45.0 Å². The predicted molar refractivity (Wildman–Crippen MR) is 104 cm³/mol. The fourth-order valence-corrected chi connectivity index (χ4v) is 4.17. The number of ether oxygens (including phenoxy) is 1. The number of hydrogen-bond acceptors (Lipinski definition) is 6. The van der Waals surface area contributed by atoms with Gasteiger partial charge in [-0.1, -0.05) is 6.92 Å². The number of thiazole rings is 1. The Morgan fingerprint density at radius 2 is 2.20 bits per heavy atom. The van der Waals surface area contributed by atoms with Crippen LogP contribution in [0.1, 0.15) is 28.6 Å². The second kappa shape index (κ2) is 8.05. The molecule has 1 amide bonds. The van der Waals surface area contributed by atoms with Crippen LogP contribution in [-0.2, 0) is 13.0 Å². The fourth-order valence-electron chi connectivity index (χ4n) is 3.12. The number of alkyl halides is 3. The number of carbonyl (C=O) groups excluding carboxylic acids is 1. The Labute approximate surface area is 173 Å². The molecule has 0 aliphatic carbocycles. The van der Waals surface area contributed by atoms with E-state index in [0.29, 0.717) is 47.2 Å². The van der Waals surface area contributed by atoms with Gasteiger partial charge in [-0.25, -0.2) is 14.6 Å². The number of nitrogens with zero attached hydrogens (tertiary/aromatic N) is 4. The molecule has 1 aliphatic heterocycles. The standard InChI is InChI=1S/C19H18F3N5O2S/c1-2-6-23-17(28)11-3-4-12-13(8-11)29-7-5-14-15(12)26-18(30-14)16-24-10-25-27(16)9-19(20,21)22/h3-4,8,10H,2,5-7,9H2,1H3,(H,23,28). The molecule has 0 saturated heterocycles. The van der Waals surface area contributed by atoms with Gasteiger partial charge in [-0.15, -0.1) is 11.3 Å². The maximum atomic E-state index is 12.8. The normalized spacial score (nSPS) is 13.2. The van der Waals surface area contributed by atoms with Crippen LogP contribution < -0.4 is 10.1 Å². The molecule has 30 heavy (non-hydrogen) atoms. The second-order valence-electron chi connectivity index (χ2n) is 6.71. The summed E-state index contributed by atoms with van der Waals surface area (Å²) in [4.78, 5) is 21.7. The first-order valence-corrected chi connectivity index (χ1v) is 10.2. The smallest absolute Gasteiger partial charge is 0.408 e. The van der Waals surface area contributed by atoms with Crippen molar-refractivity contribution in [2.75, 3.05) is 13.2 Å². The van der Waals surface area contributed by atoms with Crippen LogP contribution in [0.25, 0.3) is 22.1 Å². The second-order valence-corrected chi connectivity index (χ2v) is 7.80. The van der Waals surface area contributed by atoms with Gasteiger partial charge in [-0.2, -0.15) is 18.3 Å². The number of rotatable bonds is 5. The first-order chi connectivity index (χ1) is 14.4. The van der Waals surface area contributed by atoms with Gasteiger partial charge in [-0.05, 0) is 24.6 Å². The van der Waals surface area contributed by atoms with Crippen molar-refractivity contribution in [1.29, 1.82) is 0 Å². The summed E-state index contributed by atoms with van der Waals surface area (Å²) in [6, 6.07) is 5.11. The molecule has 0 radical (unpaired) electrons. The molecule has 0 bridgehead atoms. The van der Waals surface area contributed by atoms with Crippen molar-refractivity contribution in [3.05, 3.63) is 35.0 Å². The molecule has 11 heteroatoms. The number of aromatic nitrogens is 4. The minimum Gasteiger partial charge on any atom is -0.492 e. The first kappa shape index (κ1) is 20.3. The van der Waals surface area contributed by atoms with Gasteiger partial charge in [0.05, 0.1) is 12.3 Å². The molecule has 1 aromatic carbocycles. The predicted octanol–water partition coefficient (Wildman–Crippen LogP) is 3.71. The summed E-state index contributed by atoms with van der Waals surface area (Å²) in [5.74, 6) is 0.405. The summed E-state index contributed by atoms with van der Waals surface area (Å²) in [5, 5.41) is 6.87. The number of nitrogens with one attached hydrogen (secondary N) is 1. The van der Waals surface area contributed by atoms with Gasteiger partial charge in [0.15, 0.2) is 10.8 Å². The van der Waals surface area contributed by atoms with Crippen molar-refractivity contribution < 1.29 is 22.7 Å². The van der Waals surface area contributed by atoms with Crippen LogP contribution >= 0.6 is 11.3 Å². The van der Waals surface area contributed by atoms with Crippen molar-refractivity contribution in [2.45, 2.75) is 32.5 Å². The van der Waals surface area contributed by atoms with E-state index < -0.39 is 12.7 Å².